The van der Waals surface area contributed by atoms with Crippen molar-refractivity contribution in [3.05, 3.63) is 0 Å². The lowest BCUT2D eigenvalue weighted by atomic mass is 10.0. The second-order valence-corrected chi connectivity index (χ2v) is 4.04. The number of hydrogen-bond acceptors (Lipinski definition) is 1. The van der Waals surface area contributed by atoms with Crippen LogP contribution in [0.2, 0.25) is 0 Å². The van der Waals surface area contributed by atoms with E-state index >= 15 is 0 Å². The van der Waals surface area contributed by atoms with Gasteiger partial charge in [0.2, 0.25) is 0 Å². The summed E-state index contributed by atoms with van der Waals surface area (Å²) in [6, 6.07) is 0. The Hall–Kier alpha value is -0.0400. The van der Waals surface area contributed by atoms with Crippen LogP contribution in [0.15, 0.2) is 0 Å². The highest BCUT2D eigenvalue weighted by atomic mass is 15.2. The van der Waals surface area contributed by atoms with Gasteiger partial charge in [0.05, 0.1) is 0 Å². The van der Waals surface area contributed by atoms with E-state index < -0.39 is 0 Å². The molecule has 1 heteroatoms. The Labute approximate surface area is 71.8 Å². The zero-order valence-corrected chi connectivity index (χ0v) is 8.78. The summed E-state index contributed by atoms with van der Waals surface area (Å²) in [5, 5.41) is 0. The maximum Gasteiger partial charge on any atom is 0.0150 e. The van der Waals surface area contributed by atoms with Crippen LogP contribution >= 0.6 is 0 Å². The zero-order valence-electron chi connectivity index (χ0n) is 8.78. The summed E-state index contributed by atoms with van der Waals surface area (Å²) in [5.41, 5.74) is 0.486. The van der Waals surface area contributed by atoms with E-state index in [9.17, 15) is 0 Å². The molecule has 68 valence electrons. The van der Waals surface area contributed by atoms with Crippen LogP contribution in [0.25, 0.3) is 0 Å². The van der Waals surface area contributed by atoms with Crippen molar-refractivity contribution in [1.29, 1.82) is 0 Å². The minimum absolute atomic E-state index is 0.486. The van der Waals surface area contributed by atoms with Crippen LogP contribution < -0.4 is 0 Å². The van der Waals surface area contributed by atoms with Crippen LogP contribution in [0, 0.1) is 0 Å². The third kappa shape index (κ3) is 3.76. The highest BCUT2D eigenvalue weighted by Gasteiger charge is 2.27. The first-order valence-corrected chi connectivity index (χ1v) is 4.75. The molecule has 0 amide bonds. The van der Waals surface area contributed by atoms with Gasteiger partial charge in [0, 0.05) is 5.54 Å². The highest BCUT2D eigenvalue weighted by molar-refractivity contribution is 4.84. The third-order valence-corrected chi connectivity index (χ3v) is 2.32. The van der Waals surface area contributed by atoms with Gasteiger partial charge in [-0.15, -0.1) is 0 Å². The normalized spacial score (nSPS) is 22.6. The molecule has 0 bridgehead atoms. The number of hydrogen-bond donors (Lipinski definition) is 0. The van der Waals surface area contributed by atoms with E-state index in [1.54, 1.807) is 0 Å². The molecule has 1 rings (SSSR count). The van der Waals surface area contributed by atoms with E-state index in [2.05, 4.69) is 39.6 Å². The van der Waals surface area contributed by atoms with Gasteiger partial charge < -0.3 is 4.90 Å². The Balaban J connectivity index is 0.000000292. The lowest BCUT2D eigenvalue weighted by molar-refractivity contribution is 0.218. The first-order valence-electron chi connectivity index (χ1n) is 4.75. The average molecular weight is 157 g/mol. The monoisotopic (exact) mass is 157 g/mol. The van der Waals surface area contributed by atoms with Gasteiger partial charge in [-0.3, -0.25) is 0 Å². The molecule has 0 aromatic heterocycles. The first-order chi connectivity index (χ1) is 5.04. The minimum atomic E-state index is 0.486. The maximum absolute atomic E-state index is 2.42. The molecule has 0 aliphatic carbocycles. The molecule has 0 saturated carbocycles. The number of rotatable bonds is 0. The van der Waals surface area contributed by atoms with Gasteiger partial charge in [0.15, 0.2) is 0 Å². The fourth-order valence-electron chi connectivity index (χ4n) is 1.24. The fourth-order valence-corrected chi connectivity index (χ4v) is 1.24. The van der Waals surface area contributed by atoms with Crippen molar-refractivity contribution >= 4 is 0 Å². The third-order valence-electron chi connectivity index (χ3n) is 2.32. The van der Waals surface area contributed by atoms with Crippen LogP contribution in [0.5, 0.6) is 0 Å². The average Bonchev–Trinajstić information content (AvgIpc) is 2.14. The van der Waals surface area contributed by atoms with Crippen LogP contribution in [0.3, 0.4) is 0 Å². The maximum atomic E-state index is 2.42. The summed E-state index contributed by atoms with van der Waals surface area (Å²) in [6.45, 7) is 10.1. The summed E-state index contributed by atoms with van der Waals surface area (Å²) in [4.78, 5) is 2.42. The van der Waals surface area contributed by atoms with Gasteiger partial charge in [-0.25, -0.2) is 0 Å². The van der Waals surface area contributed by atoms with Crippen molar-refractivity contribution in [3.8, 4) is 0 Å². The fraction of sp³-hybridized carbons (Fsp3) is 1.00. The van der Waals surface area contributed by atoms with Gasteiger partial charge >= 0.3 is 0 Å². The smallest absolute Gasteiger partial charge is 0.0150 e. The van der Waals surface area contributed by atoms with Crippen molar-refractivity contribution < 1.29 is 0 Å². The van der Waals surface area contributed by atoms with E-state index in [4.69, 9.17) is 0 Å². The standard InChI is InChI=1S/C7H15N.C3H8/c1-7(2)5-4-6-8(7)3;1-3-2/h4-6H2,1-3H3;3H2,1-2H3. The van der Waals surface area contributed by atoms with E-state index in [0.717, 1.165) is 0 Å². The lowest BCUT2D eigenvalue weighted by Crippen LogP contribution is -2.34. The summed E-state index contributed by atoms with van der Waals surface area (Å²) in [7, 11) is 2.20. The second-order valence-electron chi connectivity index (χ2n) is 4.04. The minimum Gasteiger partial charge on any atom is -0.301 e. The van der Waals surface area contributed by atoms with Gasteiger partial charge in [-0.05, 0) is 40.3 Å². The van der Waals surface area contributed by atoms with Crippen molar-refractivity contribution in [2.45, 2.75) is 52.5 Å². The highest BCUT2D eigenvalue weighted by Crippen LogP contribution is 2.25. The number of nitrogens with zero attached hydrogens (tertiary/aromatic N) is 1. The van der Waals surface area contributed by atoms with Crippen LogP contribution in [0.1, 0.15) is 47.0 Å². The van der Waals surface area contributed by atoms with Crippen molar-refractivity contribution in [3.63, 3.8) is 0 Å². The molecular formula is C10H23N. The molecular weight excluding hydrogens is 134 g/mol. The van der Waals surface area contributed by atoms with Gasteiger partial charge in [0.1, 0.15) is 0 Å². The van der Waals surface area contributed by atoms with E-state index in [-0.39, 0.29) is 0 Å². The molecule has 0 atom stereocenters. The Morgan fingerprint density at radius 2 is 1.73 bits per heavy atom. The largest absolute Gasteiger partial charge is 0.301 e. The molecule has 1 heterocycles. The molecule has 0 aromatic carbocycles. The van der Waals surface area contributed by atoms with Gasteiger partial charge in [0.25, 0.3) is 0 Å². The molecule has 1 aliphatic heterocycles. The SMILES string of the molecule is CCC.CN1CCCC1(C)C. The molecule has 0 N–H and O–H groups in total. The molecule has 1 fully saturated rings. The Kier molecular flexibility index (Phi) is 4.74. The van der Waals surface area contributed by atoms with Crippen LogP contribution in [-0.2, 0) is 0 Å². The predicted molar refractivity (Wildman–Crippen MR) is 51.9 cm³/mol. The van der Waals surface area contributed by atoms with Crippen molar-refractivity contribution in [2.24, 2.45) is 0 Å². The first kappa shape index (κ1) is 11.0. The van der Waals surface area contributed by atoms with Gasteiger partial charge in [-0.2, -0.15) is 0 Å². The quantitative estimate of drug-likeness (QED) is 0.522. The Morgan fingerprint density at radius 3 is 1.82 bits per heavy atom. The van der Waals surface area contributed by atoms with E-state index in [1.807, 2.05) is 0 Å². The second kappa shape index (κ2) is 4.76. The topological polar surface area (TPSA) is 3.24 Å². The lowest BCUT2D eigenvalue weighted by Gasteiger charge is -2.26. The summed E-state index contributed by atoms with van der Waals surface area (Å²) in [6.07, 6.45) is 3.99. The zero-order chi connectivity index (χ0) is 8.91. The summed E-state index contributed by atoms with van der Waals surface area (Å²) in [5.74, 6) is 0. The molecule has 1 aliphatic rings. The van der Waals surface area contributed by atoms with Gasteiger partial charge in [-0.1, -0.05) is 20.3 Å². The van der Waals surface area contributed by atoms with Crippen molar-refractivity contribution in [1.82, 2.24) is 4.90 Å². The molecule has 0 aromatic rings. The molecule has 1 saturated heterocycles. The van der Waals surface area contributed by atoms with E-state index in [1.165, 1.54) is 25.8 Å². The molecule has 11 heavy (non-hydrogen) atoms. The van der Waals surface area contributed by atoms with E-state index in [0.29, 0.717) is 5.54 Å². The molecule has 0 spiro atoms. The van der Waals surface area contributed by atoms with Crippen molar-refractivity contribution in [2.75, 3.05) is 13.6 Å². The predicted octanol–water partition coefficient (Wildman–Crippen LogP) is 2.91. The van der Waals surface area contributed by atoms with Crippen LogP contribution in [0.4, 0.5) is 0 Å². The molecule has 0 unspecified atom stereocenters. The molecule has 0 radical (unpaired) electrons. The Morgan fingerprint density at radius 1 is 1.27 bits per heavy atom. The molecule has 1 nitrogen and oxygen atoms in total. The van der Waals surface area contributed by atoms with Crippen LogP contribution in [-0.4, -0.2) is 24.0 Å². The summed E-state index contributed by atoms with van der Waals surface area (Å²) >= 11 is 0. The Bertz CT molecular complexity index is 97.0. The number of likely N-dealkylation sites (tertiary alicyclic amines) is 1. The summed E-state index contributed by atoms with van der Waals surface area (Å²) < 4.78 is 0.